The fourth-order valence-electron chi connectivity index (χ4n) is 3.14. The van der Waals surface area contributed by atoms with Crippen LogP contribution >= 0.6 is 0 Å². The number of carbonyl (C=O) groups excluding carboxylic acids is 1. The van der Waals surface area contributed by atoms with E-state index in [0.29, 0.717) is 17.7 Å². The minimum Gasteiger partial charge on any atom is -0.492 e. The molecule has 2 heterocycles. The van der Waals surface area contributed by atoms with E-state index in [9.17, 15) is 4.79 Å². The topological polar surface area (TPSA) is 74.4 Å². The summed E-state index contributed by atoms with van der Waals surface area (Å²) < 4.78 is 5.75. The largest absolute Gasteiger partial charge is 0.492 e. The molecule has 0 unspecified atom stereocenters. The molecule has 3 aromatic rings. The average Bonchev–Trinajstić information content (AvgIpc) is 3.17. The molecule has 1 amide bonds. The number of H-pyrrole nitrogens is 1. The Morgan fingerprint density at radius 1 is 1.00 bits per heavy atom. The summed E-state index contributed by atoms with van der Waals surface area (Å²) in [5.74, 6) is 0.944. The van der Waals surface area contributed by atoms with E-state index in [4.69, 9.17) is 4.74 Å². The predicted octanol–water partition coefficient (Wildman–Crippen LogP) is 1.79. The molecule has 0 spiro atoms. The molecule has 0 aliphatic carbocycles. The number of nitrogens with one attached hydrogen (secondary N) is 1. The van der Waals surface area contributed by atoms with Gasteiger partial charge in [-0.15, -0.1) is 0 Å². The molecule has 1 N–H and O–H groups in total. The van der Waals surface area contributed by atoms with Gasteiger partial charge in [-0.25, -0.2) is 0 Å². The van der Waals surface area contributed by atoms with Crippen LogP contribution in [0.2, 0.25) is 0 Å². The first-order valence-corrected chi connectivity index (χ1v) is 8.79. The fourth-order valence-corrected chi connectivity index (χ4v) is 3.14. The Bertz CT molecular complexity index is 872. The quantitative estimate of drug-likeness (QED) is 0.759. The number of amides is 1. The van der Waals surface area contributed by atoms with Crippen molar-refractivity contribution in [2.45, 2.75) is 0 Å². The Balaban J connectivity index is 1.27. The Labute approximate surface area is 151 Å². The lowest BCUT2D eigenvalue weighted by molar-refractivity contribution is 0.0620. The Hall–Kier alpha value is -2.93. The van der Waals surface area contributed by atoms with Gasteiger partial charge in [0.1, 0.15) is 23.4 Å². The van der Waals surface area contributed by atoms with Gasteiger partial charge < -0.3 is 9.64 Å². The van der Waals surface area contributed by atoms with E-state index >= 15 is 0 Å². The molecular formula is C19H21N5O2. The molecule has 7 heteroatoms. The summed E-state index contributed by atoms with van der Waals surface area (Å²) in [7, 11) is 0. The summed E-state index contributed by atoms with van der Waals surface area (Å²) in [5.41, 5.74) is 2.14. The fraction of sp³-hybridized carbons (Fsp3) is 0.316. The zero-order valence-corrected chi connectivity index (χ0v) is 14.5. The van der Waals surface area contributed by atoms with Crippen molar-refractivity contribution in [2.24, 2.45) is 0 Å². The summed E-state index contributed by atoms with van der Waals surface area (Å²) in [5, 5.41) is 10.6. The van der Waals surface area contributed by atoms with Crippen molar-refractivity contribution in [3.05, 3.63) is 54.1 Å². The maximum absolute atomic E-state index is 12.7. The van der Waals surface area contributed by atoms with E-state index in [1.54, 1.807) is 6.07 Å². The van der Waals surface area contributed by atoms with Crippen LogP contribution in [-0.4, -0.2) is 70.4 Å². The van der Waals surface area contributed by atoms with Crippen molar-refractivity contribution in [3.63, 3.8) is 0 Å². The van der Waals surface area contributed by atoms with Crippen LogP contribution < -0.4 is 4.74 Å². The number of hydrogen-bond donors (Lipinski definition) is 1. The minimum atomic E-state index is 0.0510. The molecule has 0 saturated carbocycles. The van der Waals surface area contributed by atoms with Crippen molar-refractivity contribution >= 4 is 16.9 Å². The number of rotatable bonds is 5. The average molecular weight is 351 g/mol. The van der Waals surface area contributed by atoms with Gasteiger partial charge in [-0.3, -0.25) is 9.69 Å². The molecule has 7 nitrogen and oxygen atoms in total. The zero-order valence-electron chi connectivity index (χ0n) is 14.5. The van der Waals surface area contributed by atoms with E-state index < -0.39 is 0 Å². The number of ether oxygens (including phenoxy) is 1. The van der Waals surface area contributed by atoms with E-state index in [1.165, 1.54) is 0 Å². The number of aromatic nitrogens is 3. The van der Waals surface area contributed by atoms with Crippen LogP contribution in [0.3, 0.4) is 0 Å². The highest BCUT2D eigenvalue weighted by Crippen LogP contribution is 2.14. The second-order valence-electron chi connectivity index (χ2n) is 6.32. The molecule has 1 aliphatic heterocycles. The molecule has 1 aliphatic rings. The van der Waals surface area contributed by atoms with E-state index in [1.807, 2.05) is 47.4 Å². The van der Waals surface area contributed by atoms with Gasteiger partial charge in [0.15, 0.2) is 0 Å². The molecule has 4 rings (SSSR count). The molecule has 26 heavy (non-hydrogen) atoms. The number of hydrogen-bond acceptors (Lipinski definition) is 5. The van der Waals surface area contributed by atoms with Crippen LogP contribution in [0.5, 0.6) is 5.75 Å². The second-order valence-corrected chi connectivity index (χ2v) is 6.32. The van der Waals surface area contributed by atoms with E-state index in [2.05, 4.69) is 20.3 Å². The summed E-state index contributed by atoms with van der Waals surface area (Å²) in [6.45, 7) is 4.68. The predicted molar refractivity (Wildman–Crippen MR) is 98.2 cm³/mol. The first-order valence-electron chi connectivity index (χ1n) is 8.79. The van der Waals surface area contributed by atoms with E-state index in [0.717, 1.165) is 44.0 Å². The minimum absolute atomic E-state index is 0.0510. The standard InChI is InChI=1S/C19H21N5O2/c25-19(15-6-7-17-18(14-15)21-22-20-17)24-10-8-23(9-11-24)12-13-26-16-4-2-1-3-5-16/h1-7,14H,8-13H2,(H,20,21,22). The molecule has 0 radical (unpaired) electrons. The highest BCUT2D eigenvalue weighted by molar-refractivity contribution is 5.97. The van der Waals surface area contributed by atoms with Crippen LogP contribution in [0, 0.1) is 0 Å². The normalized spacial score (nSPS) is 15.3. The van der Waals surface area contributed by atoms with Crippen LogP contribution in [-0.2, 0) is 0 Å². The molecule has 1 fully saturated rings. The first-order chi connectivity index (χ1) is 12.8. The number of carbonyl (C=O) groups is 1. The zero-order chi connectivity index (χ0) is 17.8. The van der Waals surface area contributed by atoms with Crippen molar-refractivity contribution in [2.75, 3.05) is 39.3 Å². The maximum Gasteiger partial charge on any atom is 0.254 e. The molecule has 1 aromatic heterocycles. The van der Waals surface area contributed by atoms with Crippen LogP contribution in [0.1, 0.15) is 10.4 Å². The third-order valence-electron chi connectivity index (χ3n) is 4.64. The number of piperazine rings is 1. The van der Waals surface area contributed by atoms with Gasteiger partial charge in [-0.2, -0.15) is 15.4 Å². The van der Waals surface area contributed by atoms with Gasteiger partial charge in [0.05, 0.1) is 0 Å². The number of benzene rings is 2. The highest BCUT2D eigenvalue weighted by Gasteiger charge is 2.22. The van der Waals surface area contributed by atoms with Gasteiger partial charge in [0.2, 0.25) is 0 Å². The smallest absolute Gasteiger partial charge is 0.254 e. The molecule has 2 aromatic carbocycles. The Kier molecular flexibility index (Phi) is 4.79. The lowest BCUT2D eigenvalue weighted by Crippen LogP contribution is -2.49. The summed E-state index contributed by atoms with van der Waals surface area (Å²) >= 11 is 0. The number of fused-ring (bicyclic) bond motifs is 1. The van der Waals surface area contributed by atoms with Gasteiger partial charge in [0, 0.05) is 38.3 Å². The Morgan fingerprint density at radius 2 is 1.77 bits per heavy atom. The summed E-state index contributed by atoms with van der Waals surface area (Å²) in [4.78, 5) is 16.9. The van der Waals surface area contributed by atoms with Crippen LogP contribution in [0.25, 0.3) is 11.0 Å². The van der Waals surface area contributed by atoms with E-state index in [-0.39, 0.29) is 5.91 Å². The monoisotopic (exact) mass is 351 g/mol. The highest BCUT2D eigenvalue weighted by atomic mass is 16.5. The lowest BCUT2D eigenvalue weighted by atomic mass is 10.1. The Morgan fingerprint density at radius 3 is 2.58 bits per heavy atom. The lowest BCUT2D eigenvalue weighted by Gasteiger charge is -2.34. The molecule has 1 saturated heterocycles. The SMILES string of the molecule is O=C(c1ccc2n[nH]nc2c1)N1CCN(CCOc2ccccc2)CC1. The van der Waals surface area contributed by atoms with Crippen LogP contribution in [0.15, 0.2) is 48.5 Å². The molecular weight excluding hydrogens is 330 g/mol. The van der Waals surface area contributed by atoms with Crippen molar-refractivity contribution in [3.8, 4) is 5.75 Å². The number of nitrogens with zero attached hydrogens (tertiary/aromatic N) is 4. The first kappa shape index (κ1) is 16.5. The number of aromatic amines is 1. The molecule has 0 bridgehead atoms. The maximum atomic E-state index is 12.7. The molecule has 0 atom stereocenters. The van der Waals surface area contributed by atoms with Crippen LogP contribution in [0.4, 0.5) is 0 Å². The summed E-state index contributed by atoms with van der Waals surface area (Å²) in [6.07, 6.45) is 0. The van der Waals surface area contributed by atoms with Gasteiger partial charge >= 0.3 is 0 Å². The molecule has 134 valence electrons. The van der Waals surface area contributed by atoms with Crippen molar-refractivity contribution in [1.29, 1.82) is 0 Å². The second kappa shape index (κ2) is 7.53. The third kappa shape index (κ3) is 3.67. The number of para-hydroxylation sites is 1. The third-order valence-corrected chi connectivity index (χ3v) is 4.64. The summed E-state index contributed by atoms with van der Waals surface area (Å²) in [6, 6.07) is 15.3. The van der Waals surface area contributed by atoms with Gasteiger partial charge in [-0.05, 0) is 30.3 Å². The van der Waals surface area contributed by atoms with Gasteiger partial charge in [-0.1, -0.05) is 18.2 Å². The van der Waals surface area contributed by atoms with Crippen molar-refractivity contribution in [1.82, 2.24) is 25.2 Å². The van der Waals surface area contributed by atoms with Gasteiger partial charge in [0.25, 0.3) is 5.91 Å². The van der Waals surface area contributed by atoms with Crippen molar-refractivity contribution < 1.29 is 9.53 Å².